The molecule has 1 rings (SSSR count). The van der Waals surface area contributed by atoms with Crippen LogP contribution in [0.5, 0.6) is 0 Å². The van der Waals surface area contributed by atoms with E-state index >= 15 is 0 Å². The lowest BCUT2D eigenvalue weighted by molar-refractivity contribution is -0.135. The van der Waals surface area contributed by atoms with Crippen molar-refractivity contribution < 1.29 is 14.7 Å². The van der Waals surface area contributed by atoms with Gasteiger partial charge in [-0.25, -0.2) is 9.48 Å². The lowest BCUT2D eigenvalue weighted by atomic mass is 10.1. The van der Waals surface area contributed by atoms with Crippen molar-refractivity contribution in [2.75, 3.05) is 0 Å². The highest BCUT2D eigenvalue weighted by Crippen LogP contribution is 2.18. The Kier molecular flexibility index (Phi) is 5.46. The topological polar surface area (TPSA) is 88.3 Å². The van der Waals surface area contributed by atoms with Crippen LogP contribution in [-0.2, 0) is 11.3 Å². The number of aromatic nitrogens is 3. The molecule has 0 aromatic carbocycles. The Labute approximate surface area is 124 Å². The van der Waals surface area contributed by atoms with Crippen molar-refractivity contribution in [1.82, 2.24) is 19.9 Å². The number of carboxylic acids is 1. The maximum absolute atomic E-state index is 12.4. The summed E-state index contributed by atoms with van der Waals surface area (Å²) >= 11 is 0. The fraction of sp³-hybridized carbons (Fsp3) is 0.714. The molecule has 7 heteroatoms. The van der Waals surface area contributed by atoms with Gasteiger partial charge in [0.25, 0.3) is 0 Å². The van der Waals surface area contributed by atoms with Crippen molar-refractivity contribution in [3.8, 4) is 0 Å². The molecule has 21 heavy (non-hydrogen) atoms. The maximum Gasteiger partial charge on any atom is 0.358 e. The third kappa shape index (κ3) is 3.80. The van der Waals surface area contributed by atoms with E-state index in [1.54, 1.807) is 4.90 Å². The molecule has 7 nitrogen and oxygen atoms in total. The summed E-state index contributed by atoms with van der Waals surface area (Å²) in [6.07, 6.45) is 0. The van der Waals surface area contributed by atoms with E-state index in [0.717, 1.165) is 0 Å². The van der Waals surface area contributed by atoms with Crippen molar-refractivity contribution in [3.63, 3.8) is 0 Å². The molecule has 0 aliphatic heterocycles. The van der Waals surface area contributed by atoms with Gasteiger partial charge in [-0.3, -0.25) is 4.79 Å². The third-order valence-electron chi connectivity index (χ3n) is 3.21. The molecule has 1 heterocycles. The number of carbonyl (C=O) groups excluding carboxylic acids is 1. The molecule has 0 fully saturated rings. The SMILES string of the molecule is CC(C)c1c(C(=O)O)nnn1CC(=O)N(C(C)C)C(C)C. The molecule has 0 radical (unpaired) electrons. The largest absolute Gasteiger partial charge is 0.476 e. The van der Waals surface area contributed by atoms with Gasteiger partial charge in [-0.1, -0.05) is 19.1 Å². The first-order chi connectivity index (χ1) is 9.66. The Morgan fingerprint density at radius 1 is 1.14 bits per heavy atom. The average molecular weight is 296 g/mol. The number of hydrogen-bond donors (Lipinski definition) is 1. The zero-order valence-electron chi connectivity index (χ0n) is 13.5. The van der Waals surface area contributed by atoms with E-state index < -0.39 is 5.97 Å². The van der Waals surface area contributed by atoms with Gasteiger partial charge in [0.15, 0.2) is 5.69 Å². The molecular formula is C14H24N4O3. The summed E-state index contributed by atoms with van der Waals surface area (Å²) in [5.74, 6) is -1.30. The smallest absolute Gasteiger partial charge is 0.358 e. The van der Waals surface area contributed by atoms with Crippen LogP contribution >= 0.6 is 0 Å². The fourth-order valence-electron chi connectivity index (χ4n) is 2.54. The van der Waals surface area contributed by atoms with Gasteiger partial charge in [-0.05, 0) is 33.6 Å². The van der Waals surface area contributed by atoms with Crippen LogP contribution in [0.1, 0.15) is 63.6 Å². The molecule has 0 aliphatic rings. The Balaban J connectivity index is 3.08. The highest BCUT2D eigenvalue weighted by molar-refractivity contribution is 5.87. The van der Waals surface area contributed by atoms with Crippen LogP contribution < -0.4 is 0 Å². The molecule has 0 saturated carbocycles. The highest BCUT2D eigenvalue weighted by atomic mass is 16.4. The molecule has 0 spiro atoms. The van der Waals surface area contributed by atoms with E-state index in [-0.39, 0.29) is 36.1 Å². The predicted octanol–water partition coefficient (Wildman–Crippen LogP) is 1.75. The Morgan fingerprint density at radius 3 is 2.05 bits per heavy atom. The van der Waals surface area contributed by atoms with Crippen LogP contribution in [0.15, 0.2) is 0 Å². The summed E-state index contributed by atoms with van der Waals surface area (Å²) < 4.78 is 1.40. The van der Waals surface area contributed by atoms with Gasteiger partial charge in [0.2, 0.25) is 5.91 Å². The van der Waals surface area contributed by atoms with Gasteiger partial charge in [0, 0.05) is 12.1 Å². The van der Waals surface area contributed by atoms with Gasteiger partial charge in [-0.15, -0.1) is 5.10 Å². The maximum atomic E-state index is 12.4. The van der Waals surface area contributed by atoms with Crippen LogP contribution in [0.3, 0.4) is 0 Å². The molecule has 1 amide bonds. The number of hydrogen-bond acceptors (Lipinski definition) is 4. The molecule has 0 unspecified atom stereocenters. The van der Waals surface area contributed by atoms with Gasteiger partial charge in [0.1, 0.15) is 6.54 Å². The predicted molar refractivity (Wildman–Crippen MR) is 78.2 cm³/mol. The molecule has 0 bridgehead atoms. The second kappa shape index (κ2) is 6.69. The number of carboxylic acid groups (broad SMARTS) is 1. The van der Waals surface area contributed by atoms with E-state index in [2.05, 4.69) is 10.3 Å². The normalized spacial score (nSPS) is 11.5. The average Bonchev–Trinajstić information content (AvgIpc) is 2.71. The van der Waals surface area contributed by atoms with Crippen LogP contribution in [0, 0.1) is 0 Å². The van der Waals surface area contributed by atoms with Gasteiger partial charge >= 0.3 is 5.97 Å². The van der Waals surface area contributed by atoms with Crippen molar-refractivity contribution in [2.45, 2.75) is 66.1 Å². The second-order valence-corrected chi connectivity index (χ2v) is 5.93. The Morgan fingerprint density at radius 2 is 1.67 bits per heavy atom. The van der Waals surface area contributed by atoms with Crippen LogP contribution in [0.2, 0.25) is 0 Å². The van der Waals surface area contributed by atoms with E-state index in [4.69, 9.17) is 5.11 Å². The lowest BCUT2D eigenvalue weighted by Gasteiger charge is -2.31. The first kappa shape index (κ1) is 17.1. The molecule has 1 aromatic heterocycles. The van der Waals surface area contributed by atoms with Gasteiger partial charge in [0.05, 0.1) is 5.69 Å². The monoisotopic (exact) mass is 296 g/mol. The van der Waals surface area contributed by atoms with Crippen molar-refractivity contribution in [3.05, 3.63) is 11.4 Å². The quantitative estimate of drug-likeness (QED) is 0.864. The summed E-state index contributed by atoms with van der Waals surface area (Å²) in [6, 6.07) is 0.143. The Bertz CT molecular complexity index is 512. The number of carbonyl (C=O) groups is 2. The number of aromatic carboxylic acids is 1. The van der Waals surface area contributed by atoms with E-state index in [1.165, 1.54) is 4.68 Å². The van der Waals surface area contributed by atoms with Crippen molar-refractivity contribution >= 4 is 11.9 Å². The van der Waals surface area contributed by atoms with E-state index in [1.807, 2.05) is 41.5 Å². The minimum atomic E-state index is -1.12. The van der Waals surface area contributed by atoms with Gasteiger partial charge < -0.3 is 10.0 Å². The summed E-state index contributed by atoms with van der Waals surface area (Å²) in [6.45, 7) is 11.5. The minimum Gasteiger partial charge on any atom is -0.476 e. The number of amides is 1. The van der Waals surface area contributed by atoms with Crippen LogP contribution in [-0.4, -0.2) is 49.0 Å². The molecule has 0 aliphatic carbocycles. The molecule has 0 saturated heterocycles. The van der Waals surface area contributed by atoms with Crippen LogP contribution in [0.4, 0.5) is 0 Å². The second-order valence-electron chi connectivity index (χ2n) is 5.93. The number of rotatable bonds is 6. The molecule has 0 atom stereocenters. The zero-order valence-corrected chi connectivity index (χ0v) is 13.5. The first-order valence-electron chi connectivity index (χ1n) is 7.14. The van der Waals surface area contributed by atoms with Crippen molar-refractivity contribution in [2.24, 2.45) is 0 Å². The zero-order chi connectivity index (χ0) is 16.3. The molecule has 1 aromatic rings. The molecule has 1 N–H and O–H groups in total. The van der Waals surface area contributed by atoms with Gasteiger partial charge in [-0.2, -0.15) is 0 Å². The van der Waals surface area contributed by atoms with Crippen LogP contribution in [0.25, 0.3) is 0 Å². The minimum absolute atomic E-state index is 0.00412. The summed E-state index contributed by atoms with van der Waals surface area (Å²) in [4.78, 5) is 25.4. The summed E-state index contributed by atoms with van der Waals surface area (Å²) in [5.41, 5.74) is 0.391. The van der Waals surface area contributed by atoms with E-state index in [9.17, 15) is 9.59 Å². The lowest BCUT2D eigenvalue weighted by Crippen LogP contribution is -2.44. The standard InChI is InChI=1S/C14H24N4O3/c1-8(2)13-12(14(20)21)15-16-17(13)7-11(19)18(9(3)4)10(5)6/h8-10H,7H2,1-6H3,(H,20,21). The van der Waals surface area contributed by atoms with Crippen molar-refractivity contribution in [1.29, 1.82) is 0 Å². The summed E-state index contributed by atoms with van der Waals surface area (Å²) in [7, 11) is 0. The Hall–Kier alpha value is -1.92. The number of nitrogens with zero attached hydrogens (tertiary/aromatic N) is 4. The fourth-order valence-corrected chi connectivity index (χ4v) is 2.54. The molecule has 118 valence electrons. The summed E-state index contributed by atoms with van der Waals surface area (Å²) in [5, 5.41) is 16.7. The highest BCUT2D eigenvalue weighted by Gasteiger charge is 2.25. The third-order valence-corrected chi connectivity index (χ3v) is 3.21. The first-order valence-corrected chi connectivity index (χ1v) is 7.14. The molecular weight excluding hydrogens is 272 g/mol. The van der Waals surface area contributed by atoms with E-state index in [0.29, 0.717) is 5.69 Å².